The molecule has 2 rings (SSSR count). The van der Waals surface area contributed by atoms with Crippen LogP contribution in [0.5, 0.6) is 0 Å². The third-order valence-electron chi connectivity index (χ3n) is 11.3. The Balaban J connectivity index is 0.00000113. The maximum atomic E-state index is 14.2. The van der Waals surface area contributed by atoms with Crippen LogP contribution in [0, 0.1) is 0 Å². The smallest absolute Gasteiger partial charge is 0.291 e. The van der Waals surface area contributed by atoms with Gasteiger partial charge in [0.15, 0.2) is 20.0 Å². The number of carbonyl (C=O) groups is 4. The molecular formula is C40H77B4N7O9P2. The summed E-state index contributed by atoms with van der Waals surface area (Å²) in [4.78, 5) is 56.1. The van der Waals surface area contributed by atoms with E-state index >= 15 is 0 Å². The van der Waals surface area contributed by atoms with Gasteiger partial charge in [0.25, 0.3) is 7.52 Å². The predicted octanol–water partition coefficient (Wildman–Crippen LogP) is 2.34. The molecule has 2 aliphatic heterocycles. The van der Waals surface area contributed by atoms with Crippen LogP contribution in [-0.4, -0.2) is 218 Å². The molecule has 0 aromatic carbocycles. The molecule has 0 spiro atoms. The fraction of sp³-hybridized carbons (Fsp3) is 0.900. The van der Waals surface area contributed by atoms with Crippen LogP contribution in [0.1, 0.15) is 82.6 Å². The largest absolute Gasteiger partial charge is 0.382 e. The van der Waals surface area contributed by atoms with Gasteiger partial charge in [-0.2, -0.15) is 0 Å². The van der Waals surface area contributed by atoms with Crippen molar-refractivity contribution in [2.24, 2.45) is 0 Å². The predicted molar refractivity (Wildman–Crippen MR) is 252 cm³/mol. The lowest BCUT2D eigenvalue weighted by Crippen LogP contribution is -2.58. The van der Waals surface area contributed by atoms with Crippen molar-refractivity contribution in [3.8, 4) is 0 Å². The molecule has 62 heavy (non-hydrogen) atoms. The normalized spacial score (nSPS) is 21.5. The molecule has 0 aliphatic carbocycles. The first-order valence-corrected chi connectivity index (χ1v) is 24.2. The van der Waals surface area contributed by atoms with Crippen molar-refractivity contribution < 1.29 is 42.3 Å². The Bertz CT molecular complexity index is 1480. The van der Waals surface area contributed by atoms with E-state index in [9.17, 15) is 23.7 Å². The fourth-order valence-electron chi connectivity index (χ4n) is 6.59. The van der Waals surface area contributed by atoms with Crippen LogP contribution in [0.25, 0.3) is 0 Å². The van der Waals surface area contributed by atoms with E-state index in [0.29, 0.717) is 32.7 Å². The number of likely N-dealkylation sites (N-methyl/N-ethyl adjacent to an activating group) is 2. The zero-order chi connectivity index (χ0) is 48.4. The van der Waals surface area contributed by atoms with Gasteiger partial charge in [0.05, 0.1) is 58.7 Å². The van der Waals surface area contributed by atoms with Crippen LogP contribution in [-0.2, 0) is 42.3 Å². The second-order valence-corrected chi connectivity index (χ2v) is 21.8. The molecule has 0 aromatic heterocycles. The van der Waals surface area contributed by atoms with Gasteiger partial charge >= 0.3 is 0 Å². The van der Waals surface area contributed by atoms with Crippen molar-refractivity contribution in [3.05, 3.63) is 0 Å². The Morgan fingerprint density at radius 1 is 0.790 bits per heavy atom. The van der Waals surface area contributed by atoms with Crippen LogP contribution >= 0.6 is 16.0 Å². The van der Waals surface area contributed by atoms with E-state index in [-0.39, 0.29) is 101 Å². The van der Waals surface area contributed by atoms with Crippen molar-refractivity contribution in [2.75, 3.05) is 93.3 Å². The molecule has 2 aliphatic rings. The Morgan fingerprint density at radius 2 is 1.24 bits per heavy atom. The maximum absolute atomic E-state index is 14.2. The highest BCUT2D eigenvalue weighted by Gasteiger charge is 2.50. The van der Waals surface area contributed by atoms with E-state index in [4.69, 9.17) is 49.9 Å². The van der Waals surface area contributed by atoms with Gasteiger partial charge < -0.3 is 34.4 Å². The highest BCUT2D eigenvalue weighted by atomic mass is 31.2. The number of hydrogen-bond donors (Lipinski definition) is 2. The van der Waals surface area contributed by atoms with Gasteiger partial charge in [-0.05, 0) is 109 Å². The number of nitrogens with one attached hydrogen (secondary N) is 2. The molecule has 2 heterocycles. The lowest BCUT2D eigenvalue weighted by molar-refractivity contribution is -0.136. The number of hydrogen-bond acceptors (Lipinski definition) is 13. The van der Waals surface area contributed by atoms with Crippen molar-refractivity contribution in [1.29, 1.82) is 0 Å². The molecule has 2 amide bonds. The van der Waals surface area contributed by atoms with E-state index in [0.717, 1.165) is 6.42 Å². The SMILES string of the molecule is CP=O.[B]C1CN(C(C)(C)C)CC(COP(=O)(N(C)C)C(C)(C)N2CC([B])OC(CC)C2)O1.[B]CC(=O)N(CCNC(C)(C)C(=O)CN(CC)C(=O)C[B])CC(=O)C(C)(C)NC. The molecule has 22 heteroatoms. The average Bonchev–Trinajstić information content (AvgIpc) is 3.20. The first-order valence-electron chi connectivity index (χ1n) is 21.4. The monoisotopic (exact) mass is 906 g/mol. The van der Waals surface area contributed by atoms with Crippen LogP contribution < -0.4 is 10.6 Å². The number of carbonyl (C=O) groups excluding carboxylic acids is 4. The standard InChI is InChI=1S/C20H40B2N3O4P.C19H34B2N4O4.CH3OP/c1-9-15-10-25(13-18(22)28-15)20(5,6)30(26,23(7)8)27-14-16-11-24(19(2,3)4)12-17(21)29-16;1-7-24(16(28)10-20)12-15(27)19(4,5)23-8-9-25(17(29)11-21)13-14(26)18(2,3)22-6;1-3-2/h15-18H,9-14H2,1-8H3;22-23H,7-13H2,1-6H3;1H3. The maximum Gasteiger partial charge on any atom is 0.291 e. The molecule has 16 nitrogen and oxygen atoms in total. The van der Waals surface area contributed by atoms with Crippen LogP contribution in [0.4, 0.5) is 0 Å². The van der Waals surface area contributed by atoms with Crippen molar-refractivity contribution >= 4 is 70.7 Å². The lowest BCUT2D eigenvalue weighted by atomic mass is 9.94. The Hall–Kier alpha value is -1.45. The fourth-order valence-corrected chi connectivity index (χ4v) is 9.00. The summed E-state index contributed by atoms with van der Waals surface area (Å²) in [5.41, 5.74) is -1.72. The number of ketones is 2. The summed E-state index contributed by atoms with van der Waals surface area (Å²) in [6.45, 7) is 26.2. The summed E-state index contributed by atoms with van der Waals surface area (Å²) in [6.07, 6.45) is 0.268. The van der Waals surface area contributed by atoms with Crippen molar-refractivity contribution in [2.45, 2.75) is 141 Å². The summed E-state index contributed by atoms with van der Waals surface area (Å²) in [6, 6.07) is -0.792. The lowest BCUT2D eigenvalue weighted by Gasteiger charge is -2.50. The molecule has 2 fully saturated rings. The summed E-state index contributed by atoms with van der Waals surface area (Å²) in [5.74, 6) is -0.954. The molecule has 0 bridgehead atoms. The quantitative estimate of drug-likeness (QED) is 0.127. The minimum atomic E-state index is -3.26. The molecule has 2 saturated heterocycles. The minimum Gasteiger partial charge on any atom is -0.382 e. The van der Waals surface area contributed by atoms with Gasteiger partial charge in [-0.15, -0.1) is 0 Å². The van der Waals surface area contributed by atoms with E-state index in [1.165, 1.54) is 9.80 Å². The van der Waals surface area contributed by atoms with E-state index < -0.39 is 29.9 Å². The van der Waals surface area contributed by atoms with Gasteiger partial charge in [-0.3, -0.25) is 38.1 Å². The van der Waals surface area contributed by atoms with Gasteiger partial charge in [0.1, 0.15) is 21.0 Å². The van der Waals surface area contributed by atoms with Gasteiger partial charge in [-0.25, -0.2) is 4.67 Å². The topological polar surface area (TPSA) is 170 Å². The third-order valence-corrected chi connectivity index (χ3v) is 14.5. The second kappa shape index (κ2) is 27.3. The highest BCUT2D eigenvalue weighted by Crippen LogP contribution is 2.62. The second-order valence-electron chi connectivity index (χ2n) is 18.2. The first kappa shape index (κ1) is 60.5. The van der Waals surface area contributed by atoms with Gasteiger partial charge in [-0.1, -0.05) is 6.92 Å². The van der Waals surface area contributed by atoms with Crippen LogP contribution in [0.3, 0.4) is 0 Å². The molecule has 0 saturated carbocycles. The first-order chi connectivity index (χ1) is 28.5. The molecule has 5 unspecified atom stereocenters. The van der Waals surface area contributed by atoms with Crippen LogP contribution in [0.15, 0.2) is 0 Å². The summed E-state index contributed by atoms with van der Waals surface area (Å²) in [7, 11) is 25.3. The van der Waals surface area contributed by atoms with E-state index in [1.807, 2.05) is 13.8 Å². The number of morpholine rings is 2. The molecule has 348 valence electrons. The third kappa shape index (κ3) is 18.8. The summed E-state index contributed by atoms with van der Waals surface area (Å²) < 4.78 is 42.8. The van der Waals surface area contributed by atoms with E-state index in [1.54, 1.807) is 67.1 Å². The zero-order valence-corrected chi connectivity index (χ0v) is 42.4. The van der Waals surface area contributed by atoms with Gasteiger partial charge in [0.2, 0.25) is 11.8 Å². The van der Waals surface area contributed by atoms with Crippen molar-refractivity contribution in [3.63, 3.8) is 0 Å². The molecule has 8 radical (unpaired) electrons. The Kier molecular flexibility index (Phi) is 26.6. The number of nitrogens with zero attached hydrogens (tertiary/aromatic N) is 5. The Morgan fingerprint density at radius 3 is 1.69 bits per heavy atom. The number of ether oxygens (including phenoxy) is 2. The number of Topliss-reactive ketones (excluding diaryl/α,β-unsaturated/α-hetero) is 2. The molecular weight excluding hydrogens is 828 g/mol. The van der Waals surface area contributed by atoms with E-state index in [2.05, 4.69) is 48.1 Å². The number of amides is 2. The minimum absolute atomic E-state index is 0.0173. The highest BCUT2D eigenvalue weighted by molar-refractivity contribution is 7.58. The summed E-state index contributed by atoms with van der Waals surface area (Å²) >= 11 is 0. The van der Waals surface area contributed by atoms with Gasteiger partial charge in [0, 0.05) is 70.0 Å². The molecule has 5 atom stereocenters. The average molecular weight is 905 g/mol. The molecule has 2 N–H and O–H groups in total. The zero-order valence-electron chi connectivity index (χ0n) is 40.6. The van der Waals surface area contributed by atoms with Crippen molar-refractivity contribution in [1.82, 2.24) is 34.9 Å². The van der Waals surface area contributed by atoms with Crippen LogP contribution in [0.2, 0.25) is 12.6 Å². The Labute approximate surface area is 381 Å². The number of rotatable bonds is 21. The summed E-state index contributed by atoms with van der Waals surface area (Å²) in [5, 5.41) is 5.27. The molecule has 0 aromatic rings.